The Labute approximate surface area is 107 Å². The molecule has 0 spiro atoms. The Balaban J connectivity index is 2.06. The molecule has 1 unspecified atom stereocenters. The summed E-state index contributed by atoms with van der Waals surface area (Å²) in [4.78, 5) is 11.5. The quantitative estimate of drug-likeness (QED) is 0.856. The minimum atomic E-state index is -0.253. The van der Waals surface area contributed by atoms with E-state index in [1.807, 2.05) is 48.5 Å². The van der Waals surface area contributed by atoms with Crippen LogP contribution in [-0.2, 0) is 11.2 Å². The minimum Gasteiger partial charge on any atom is -0.369 e. The van der Waals surface area contributed by atoms with Gasteiger partial charge >= 0.3 is 0 Å². The Bertz CT molecular complexity index is 493. The summed E-state index contributed by atoms with van der Waals surface area (Å²) in [5, 5.41) is 0. The molecule has 0 radical (unpaired) electrons. The smallest absolute Gasteiger partial charge is 0.224 e. The molecule has 2 rings (SSSR count). The van der Waals surface area contributed by atoms with E-state index in [-0.39, 0.29) is 11.8 Å². The van der Waals surface area contributed by atoms with E-state index in [0.717, 1.165) is 18.4 Å². The number of carbonyl (C=O) groups is 1. The summed E-state index contributed by atoms with van der Waals surface area (Å²) in [6.45, 7) is 0. The fraction of sp³-hybridized carbons (Fsp3) is 0.188. The second-order valence-electron chi connectivity index (χ2n) is 4.39. The summed E-state index contributed by atoms with van der Waals surface area (Å²) >= 11 is 0. The highest BCUT2D eigenvalue weighted by Gasteiger charge is 2.17. The van der Waals surface area contributed by atoms with Crippen LogP contribution in [0.1, 0.15) is 23.5 Å². The lowest BCUT2D eigenvalue weighted by molar-refractivity contribution is -0.119. The lowest BCUT2D eigenvalue weighted by Gasteiger charge is -2.13. The molecule has 0 saturated heterocycles. The van der Waals surface area contributed by atoms with Gasteiger partial charge in [0.1, 0.15) is 0 Å². The molecular weight excluding hydrogens is 222 g/mol. The Hall–Kier alpha value is -2.09. The number of hydrogen-bond acceptors (Lipinski definition) is 1. The first-order valence-electron chi connectivity index (χ1n) is 6.15. The van der Waals surface area contributed by atoms with Gasteiger partial charge in [0.05, 0.1) is 5.92 Å². The summed E-state index contributed by atoms with van der Waals surface area (Å²) in [6, 6.07) is 19.9. The van der Waals surface area contributed by atoms with E-state index in [1.165, 1.54) is 5.56 Å². The van der Waals surface area contributed by atoms with Gasteiger partial charge in [-0.05, 0) is 24.0 Å². The Morgan fingerprint density at radius 3 is 2.06 bits per heavy atom. The van der Waals surface area contributed by atoms with Crippen molar-refractivity contribution in [1.82, 2.24) is 0 Å². The van der Waals surface area contributed by atoms with Crippen LogP contribution in [0.4, 0.5) is 0 Å². The van der Waals surface area contributed by atoms with Gasteiger partial charge in [-0.25, -0.2) is 0 Å². The maximum atomic E-state index is 11.5. The van der Waals surface area contributed by atoms with E-state index in [1.54, 1.807) is 0 Å². The largest absolute Gasteiger partial charge is 0.369 e. The number of amides is 1. The molecule has 1 atom stereocenters. The van der Waals surface area contributed by atoms with E-state index in [4.69, 9.17) is 5.73 Å². The number of hydrogen-bond donors (Lipinski definition) is 1. The van der Waals surface area contributed by atoms with Crippen LogP contribution >= 0.6 is 0 Å². The fourth-order valence-corrected chi connectivity index (χ4v) is 2.11. The predicted octanol–water partition coefficient (Wildman–Crippen LogP) is 2.89. The van der Waals surface area contributed by atoms with Crippen LogP contribution in [0.5, 0.6) is 0 Å². The molecule has 1 amide bonds. The zero-order valence-corrected chi connectivity index (χ0v) is 10.3. The highest BCUT2D eigenvalue weighted by Crippen LogP contribution is 2.21. The van der Waals surface area contributed by atoms with Crippen molar-refractivity contribution in [3.05, 3.63) is 71.8 Å². The summed E-state index contributed by atoms with van der Waals surface area (Å²) in [7, 11) is 0. The zero-order chi connectivity index (χ0) is 12.8. The molecule has 2 nitrogen and oxygen atoms in total. The molecule has 0 saturated carbocycles. The molecule has 0 aromatic heterocycles. The van der Waals surface area contributed by atoms with E-state index in [9.17, 15) is 4.79 Å². The van der Waals surface area contributed by atoms with Crippen LogP contribution in [0.25, 0.3) is 0 Å². The zero-order valence-electron chi connectivity index (χ0n) is 10.3. The second kappa shape index (κ2) is 6.01. The van der Waals surface area contributed by atoms with Gasteiger partial charge in [-0.2, -0.15) is 0 Å². The van der Waals surface area contributed by atoms with Crippen molar-refractivity contribution in [3.8, 4) is 0 Å². The number of carbonyl (C=O) groups excluding carboxylic acids is 1. The predicted molar refractivity (Wildman–Crippen MR) is 73.1 cm³/mol. The van der Waals surface area contributed by atoms with Gasteiger partial charge in [0.25, 0.3) is 0 Å². The topological polar surface area (TPSA) is 43.1 Å². The molecule has 0 fully saturated rings. The van der Waals surface area contributed by atoms with E-state index in [0.29, 0.717) is 0 Å². The van der Waals surface area contributed by atoms with Gasteiger partial charge in [0.15, 0.2) is 0 Å². The number of primary amides is 1. The standard InChI is InChI=1S/C16H17NO/c17-16(18)15(14-9-5-2-6-10-14)12-11-13-7-3-1-4-8-13/h1-10,15H,11-12H2,(H2,17,18). The molecule has 0 heterocycles. The Kier molecular flexibility index (Phi) is 4.13. The lowest BCUT2D eigenvalue weighted by Crippen LogP contribution is -2.21. The number of aryl methyl sites for hydroxylation is 1. The van der Waals surface area contributed by atoms with Crippen molar-refractivity contribution in [1.29, 1.82) is 0 Å². The van der Waals surface area contributed by atoms with Gasteiger partial charge in [-0.15, -0.1) is 0 Å². The molecule has 2 aromatic carbocycles. The van der Waals surface area contributed by atoms with Gasteiger partial charge in [0.2, 0.25) is 5.91 Å². The van der Waals surface area contributed by atoms with Crippen LogP contribution in [0.3, 0.4) is 0 Å². The van der Waals surface area contributed by atoms with Crippen LogP contribution in [-0.4, -0.2) is 5.91 Å². The van der Waals surface area contributed by atoms with Crippen molar-refractivity contribution >= 4 is 5.91 Å². The fourth-order valence-electron chi connectivity index (χ4n) is 2.11. The van der Waals surface area contributed by atoms with Crippen LogP contribution in [0.2, 0.25) is 0 Å². The van der Waals surface area contributed by atoms with Gasteiger partial charge in [0, 0.05) is 0 Å². The first-order chi connectivity index (χ1) is 8.77. The van der Waals surface area contributed by atoms with Gasteiger partial charge < -0.3 is 5.73 Å². The third-order valence-electron chi connectivity index (χ3n) is 3.11. The molecule has 0 aliphatic heterocycles. The van der Waals surface area contributed by atoms with Crippen molar-refractivity contribution in [2.45, 2.75) is 18.8 Å². The summed E-state index contributed by atoms with van der Waals surface area (Å²) < 4.78 is 0. The third-order valence-corrected chi connectivity index (χ3v) is 3.11. The first-order valence-corrected chi connectivity index (χ1v) is 6.15. The van der Waals surface area contributed by atoms with Gasteiger partial charge in [-0.1, -0.05) is 60.7 Å². The van der Waals surface area contributed by atoms with Gasteiger partial charge in [-0.3, -0.25) is 4.79 Å². The number of benzene rings is 2. The number of rotatable bonds is 5. The monoisotopic (exact) mass is 239 g/mol. The van der Waals surface area contributed by atoms with Crippen LogP contribution in [0, 0.1) is 0 Å². The van der Waals surface area contributed by atoms with Crippen molar-refractivity contribution < 1.29 is 4.79 Å². The Morgan fingerprint density at radius 1 is 0.944 bits per heavy atom. The first kappa shape index (κ1) is 12.4. The summed E-state index contributed by atoms with van der Waals surface area (Å²) in [5.41, 5.74) is 7.73. The van der Waals surface area contributed by atoms with E-state index in [2.05, 4.69) is 12.1 Å². The van der Waals surface area contributed by atoms with Crippen molar-refractivity contribution in [2.75, 3.05) is 0 Å². The average molecular weight is 239 g/mol. The molecule has 2 aromatic rings. The highest BCUT2D eigenvalue weighted by molar-refractivity contribution is 5.81. The van der Waals surface area contributed by atoms with Crippen molar-refractivity contribution in [2.24, 2.45) is 5.73 Å². The van der Waals surface area contributed by atoms with Crippen LogP contribution < -0.4 is 5.73 Å². The van der Waals surface area contributed by atoms with Crippen molar-refractivity contribution in [3.63, 3.8) is 0 Å². The summed E-state index contributed by atoms with van der Waals surface area (Å²) in [5.74, 6) is -0.455. The molecule has 0 aliphatic carbocycles. The van der Waals surface area contributed by atoms with Crippen LogP contribution in [0.15, 0.2) is 60.7 Å². The van der Waals surface area contributed by atoms with E-state index < -0.39 is 0 Å². The third kappa shape index (κ3) is 3.20. The molecule has 0 bridgehead atoms. The minimum absolute atomic E-state index is 0.202. The maximum Gasteiger partial charge on any atom is 0.224 e. The summed E-state index contributed by atoms with van der Waals surface area (Å²) in [6.07, 6.45) is 1.62. The average Bonchev–Trinajstić information content (AvgIpc) is 2.41. The highest BCUT2D eigenvalue weighted by atomic mass is 16.1. The second-order valence-corrected chi connectivity index (χ2v) is 4.39. The lowest BCUT2D eigenvalue weighted by atomic mass is 9.92. The molecule has 0 aliphatic rings. The normalized spacial score (nSPS) is 12.0. The SMILES string of the molecule is NC(=O)C(CCc1ccccc1)c1ccccc1. The number of nitrogens with two attached hydrogens (primary N) is 1. The molecule has 92 valence electrons. The maximum absolute atomic E-state index is 11.5. The molecule has 2 heteroatoms. The van der Waals surface area contributed by atoms with E-state index >= 15 is 0 Å². The molecule has 2 N–H and O–H groups in total. The Morgan fingerprint density at radius 2 is 1.50 bits per heavy atom. The molecule has 18 heavy (non-hydrogen) atoms. The molecular formula is C16H17NO.